The van der Waals surface area contributed by atoms with Crippen LogP contribution in [0.15, 0.2) is 71.3 Å². The number of piperazine rings is 1. The number of nitrogens with one attached hydrogen (secondary N) is 1. The van der Waals surface area contributed by atoms with Crippen molar-refractivity contribution < 1.29 is 13.2 Å². The van der Waals surface area contributed by atoms with Crippen LogP contribution in [0.1, 0.15) is 28.8 Å². The first-order valence-electron chi connectivity index (χ1n) is 11.8. The summed E-state index contributed by atoms with van der Waals surface area (Å²) in [6.07, 6.45) is 1.61. The number of nitrogens with zero attached hydrogens (tertiary/aromatic N) is 5. The van der Waals surface area contributed by atoms with Gasteiger partial charge in [-0.15, -0.1) is 0 Å². The molecule has 1 saturated heterocycles. The first-order chi connectivity index (χ1) is 17.5. The molecular formula is C26H27F2N7O. The molecular weight excluding hydrogens is 464 g/mol. The lowest BCUT2D eigenvalue weighted by atomic mass is 9.96. The summed E-state index contributed by atoms with van der Waals surface area (Å²) in [4.78, 5) is 17.6. The minimum Gasteiger partial charge on any atom is -0.467 e. The first kappa shape index (κ1) is 23.8. The fraction of sp³-hybridized carbons (Fsp3) is 0.269. The molecule has 8 nitrogen and oxygen atoms in total. The maximum absolute atomic E-state index is 13.6. The molecule has 0 radical (unpaired) electrons. The van der Waals surface area contributed by atoms with Crippen molar-refractivity contribution in [2.24, 2.45) is 0 Å². The monoisotopic (exact) mass is 491 g/mol. The Balaban J connectivity index is 1.25. The highest BCUT2D eigenvalue weighted by Gasteiger charge is 2.27. The van der Waals surface area contributed by atoms with E-state index < -0.39 is 0 Å². The molecule has 0 unspecified atom stereocenters. The van der Waals surface area contributed by atoms with E-state index in [1.165, 1.54) is 24.3 Å². The third kappa shape index (κ3) is 5.84. The van der Waals surface area contributed by atoms with Crippen molar-refractivity contribution in [3.8, 4) is 0 Å². The number of halogens is 2. The molecule has 1 aliphatic heterocycles. The van der Waals surface area contributed by atoms with Gasteiger partial charge < -0.3 is 15.5 Å². The molecule has 2 aromatic heterocycles. The number of rotatable bonds is 8. The van der Waals surface area contributed by atoms with Gasteiger partial charge in [0.25, 0.3) is 0 Å². The molecule has 0 saturated carbocycles. The van der Waals surface area contributed by atoms with Gasteiger partial charge in [-0.05, 0) is 47.5 Å². The van der Waals surface area contributed by atoms with E-state index in [-0.39, 0.29) is 23.6 Å². The minimum atomic E-state index is -0.281. The number of nitrogen functional groups attached to an aromatic ring is 1. The number of hydrogen-bond acceptors (Lipinski definition) is 8. The standard InChI is InChI=1S/C26H27F2N7O/c27-20-7-3-18(4-8-20)24(19-5-9-21(28)10-6-19)35-13-11-34(12-14-35)17-23-31-25(29)33-26(32-23)30-16-22-2-1-15-36-22/h1-10,15,24H,11-14,16-17H2,(H3,29,30,31,32,33). The van der Waals surface area contributed by atoms with Crippen LogP contribution in [0.5, 0.6) is 0 Å². The molecule has 3 N–H and O–H groups in total. The smallest absolute Gasteiger partial charge is 0.228 e. The molecule has 1 fully saturated rings. The van der Waals surface area contributed by atoms with Crippen molar-refractivity contribution in [1.82, 2.24) is 24.8 Å². The molecule has 186 valence electrons. The number of aromatic nitrogens is 3. The molecule has 0 aliphatic carbocycles. The van der Waals surface area contributed by atoms with Crippen LogP contribution in [-0.2, 0) is 13.1 Å². The summed E-state index contributed by atoms with van der Waals surface area (Å²) in [6, 6.07) is 16.6. The highest BCUT2D eigenvalue weighted by molar-refractivity contribution is 5.33. The van der Waals surface area contributed by atoms with Gasteiger partial charge in [-0.25, -0.2) is 8.78 Å². The van der Waals surface area contributed by atoms with E-state index in [9.17, 15) is 8.78 Å². The summed E-state index contributed by atoms with van der Waals surface area (Å²) in [5, 5.41) is 3.12. The predicted octanol–water partition coefficient (Wildman–Crippen LogP) is 3.84. The lowest BCUT2D eigenvalue weighted by Gasteiger charge is -2.39. The van der Waals surface area contributed by atoms with Crippen LogP contribution in [0.2, 0.25) is 0 Å². The summed E-state index contributed by atoms with van der Waals surface area (Å²) in [5.74, 6) is 1.36. The second kappa shape index (κ2) is 10.8. The molecule has 2 aromatic carbocycles. The Morgan fingerprint density at radius 3 is 2.08 bits per heavy atom. The zero-order valence-corrected chi connectivity index (χ0v) is 19.6. The number of furan rings is 1. The predicted molar refractivity (Wildman–Crippen MR) is 132 cm³/mol. The third-order valence-electron chi connectivity index (χ3n) is 6.21. The molecule has 5 rings (SSSR count). The van der Waals surface area contributed by atoms with Gasteiger partial charge in [0.15, 0.2) is 0 Å². The van der Waals surface area contributed by atoms with Crippen molar-refractivity contribution in [2.75, 3.05) is 37.2 Å². The largest absolute Gasteiger partial charge is 0.467 e. The number of benzene rings is 2. The van der Waals surface area contributed by atoms with E-state index in [1.807, 2.05) is 12.1 Å². The van der Waals surface area contributed by atoms with E-state index in [0.717, 1.165) is 43.1 Å². The van der Waals surface area contributed by atoms with Gasteiger partial charge in [0, 0.05) is 26.2 Å². The van der Waals surface area contributed by atoms with Gasteiger partial charge in [-0.2, -0.15) is 15.0 Å². The van der Waals surface area contributed by atoms with Gasteiger partial charge in [-0.1, -0.05) is 24.3 Å². The van der Waals surface area contributed by atoms with Crippen LogP contribution in [0, 0.1) is 11.6 Å². The molecule has 0 amide bonds. The molecule has 10 heteroatoms. The Bertz CT molecular complexity index is 1210. The van der Waals surface area contributed by atoms with E-state index >= 15 is 0 Å². The Kier molecular flexibility index (Phi) is 7.15. The number of hydrogen-bond donors (Lipinski definition) is 2. The first-order valence-corrected chi connectivity index (χ1v) is 11.8. The topological polar surface area (TPSA) is 96.3 Å². The minimum absolute atomic E-state index is 0.0985. The highest BCUT2D eigenvalue weighted by atomic mass is 19.1. The van der Waals surface area contributed by atoms with Crippen LogP contribution >= 0.6 is 0 Å². The Morgan fingerprint density at radius 1 is 0.861 bits per heavy atom. The van der Waals surface area contributed by atoms with Crippen molar-refractivity contribution >= 4 is 11.9 Å². The highest BCUT2D eigenvalue weighted by Crippen LogP contribution is 2.30. The van der Waals surface area contributed by atoms with Crippen LogP contribution < -0.4 is 11.1 Å². The Morgan fingerprint density at radius 2 is 1.50 bits per heavy atom. The van der Waals surface area contributed by atoms with Crippen molar-refractivity contribution in [3.63, 3.8) is 0 Å². The van der Waals surface area contributed by atoms with Crippen molar-refractivity contribution in [1.29, 1.82) is 0 Å². The zero-order chi connectivity index (χ0) is 24.9. The molecule has 0 atom stereocenters. The number of anilines is 2. The lowest BCUT2D eigenvalue weighted by molar-refractivity contribution is 0.103. The zero-order valence-electron chi connectivity index (χ0n) is 19.6. The van der Waals surface area contributed by atoms with Crippen LogP contribution in [-0.4, -0.2) is 50.9 Å². The summed E-state index contributed by atoms with van der Waals surface area (Å²) < 4.78 is 32.5. The summed E-state index contributed by atoms with van der Waals surface area (Å²) in [5.41, 5.74) is 7.85. The number of nitrogens with two attached hydrogens (primary N) is 1. The van der Waals surface area contributed by atoms with Crippen LogP contribution in [0.4, 0.5) is 20.7 Å². The van der Waals surface area contributed by atoms with Gasteiger partial charge >= 0.3 is 0 Å². The molecule has 1 aliphatic rings. The van der Waals surface area contributed by atoms with Gasteiger partial charge in [-0.3, -0.25) is 9.80 Å². The Hall–Kier alpha value is -3.89. The average molecular weight is 492 g/mol. The maximum Gasteiger partial charge on any atom is 0.228 e. The van der Waals surface area contributed by atoms with Crippen LogP contribution in [0.25, 0.3) is 0 Å². The summed E-state index contributed by atoms with van der Waals surface area (Å²) in [7, 11) is 0. The third-order valence-corrected chi connectivity index (χ3v) is 6.21. The fourth-order valence-electron chi connectivity index (χ4n) is 4.45. The maximum atomic E-state index is 13.6. The molecule has 3 heterocycles. The van der Waals surface area contributed by atoms with Crippen molar-refractivity contribution in [2.45, 2.75) is 19.1 Å². The van der Waals surface area contributed by atoms with Gasteiger partial charge in [0.2, 0.25) is 11.9 Å². The van der Waals surface area contributed by atoms with E-state index in [0.29, 0.717) is 24.9 Å². The second-order valence-corrected chi connectivity index (χ2v) is 8.68. The van der Waals surface area contributed by atoms with E-state index in [1.54, 1.807) is 30.5 Å². The quantitative estimate of drug-likeness (QED) is 0.384. The summed E-state index contributed by atoms with van der Waals surface area (Å²) >= 11 is 0. The summed E-state index contributed by atoms with van der Waals surface area (Å²) in [6.45, 7) is 4.07. The molecule has 36 heavy (non-hydrogen) atoms. The van der Waals surface area contributed by atoms with Gasteiger partial charge in [0.05, 0.1) is 25.4 Å². The SMILES string of the molecule is Nc1nc(CN2CCN(C(c3ccc(F)cc3)c3ccc(F)cc3)CC2)nc(NCc2ccco2)n1. The molecule has 4 aromatic rings. The molecule has 0 spiro atoms. The van der Waals surface area contributed by atoms with Gasteiger partial charge in [0.1, 0.15) is 23.2 Å². The molecule has 0 bridgehead atoms. The van der Waals surface area contributed by atoms with E-state index in [2.05, 4.69) is 30.1 Å². The fourth-order valence-corrected chi connectivity index (χ4v) is 4.45. The van der Waals surface area contributed by atoms with Crippen LogP contribution in [0.3, 0.4) is 0 Å². The average Bonchev–Trinajstić information content (AvgIpc) is 3.40. The second-order valence-electron chi connectivity index (χ2n) is 8.68. The van der Waals surface area contributed by atoms with E-state index in [4.69, 9.17) is 10.2 Å². The van der Waals surface area contributed by atoms with Crippen molar-refractivity contribution in [3.05, 3.63) is 101 Å². The normalized spacial score (nSPS) is 14.9. The lowest BCUT2D eigenvalue weighted by Crippen LogP contribution is -2.47. The Labute approximate surface area is 207 Å².